The van der Waals surface area contributed by atoms with Crippen molar-refractivity contribution in [2.75, 3.05) is 0 Å². The molecule has 0 N–H and O–H groups in total. The van der Waals surface area contributed by atoms with E-state index in [0.29, 0.717) is 10.6 Å². The van der Waals surface area contributed by atoms with E-state index in [9.17, 15) is 4.79 Å². The third kappa shape index (κ3) is 1.97. The van der Waals surface area contributed by atoms with E-state index in [2.05, 4.69) is 0 Å². The topological polar surface area (TPSA) is 54.0 Å². The summed E-state index contributed by atoms with van der Waals surface area (Å²) in [6.45, 7) is 0. The molecule has 3 nitrogen and oxygen atoms in total. The molecule has 78 valence electrons. The second-order valence-corrected chi connectivity index (χ2v) is 3.55. The van der Waals surface area contributed by atoms with Crippen molar-refractivity contribution in [2.45, 2.75) is 0 Å². The van der Waals surface area contributed by atoms with E-state index >= 15 is 0 Å². The number of halogens is 1. The van der Waals surface area contributed by atoms with Gasteiger partial charge in [0.2, 0.25) is 11.5 Å². The fourth-order valence-electron chi connectivity index (χ4n) is 1.26. The number of ketones is 1. The van der Waals surface area contributed by atoms with Gasteiger partial charge in [-0.05, 0) is 36.4 Å². The molecule has 0 fully saturated rings. The minimum absolute atomic E-state index is 0.123. The van der Waals surface area contributed by atoms with E-state index in [0.717, 1.165) is 0 Å². The first kappa shape index (κ1) is 10.5. The van der Waals surface area contributed by atoms with Gasteiger partial charge in [-0.1, -0.05) is 11.6 Å². The second-order valence-electron chi connectivity index (χ2n) is 3.11. The molecular formula is C12H6ClNO2. The first-order valence-corrected chi connectivity index (χ1v) is 4.88. The number of carbonyl (C=O) groups excluding carboxylic acids is 1. The Bertz CT molecular complexity index is 563. The summed E-state index contributed by atoms with van der Waals surface area (Å²) in [5, 5.41) is 9.13. The zero-order chi connectivity index (χ0) is 11.5. The quantitative estimate of drug-likeness (QED) is 0.747. The average Bonchev–Trinajstić information content (AvgIpc) is 2.77. The van der Waals surface area contributed by atoms with Gasteiger partial charge >= 0.3 is 0 Å². The molecular weight excluding hydrogens is 226 g/mol. The van der Waals surface area contributed by atoms with Gasteiger partial charge in [0.05, 0.1) is 0 Å². The Hall–Kier alpha value is -2.05. The normalized spacial score (nSPS) is 9.75. The van der Waals surface area contributed by atoms with Crippen molar-refractivity contribution < 1.29 is 9.21 Å². The molecule has 0 saturated carbocycles. The summed E-state index contributed by atoms with van der Waals surface area (Å²) in [5.74, 6) is 0.00866. The lowest BCUT2D eigenvalue weighted by Gasteiger charge is -1.97. The number of hydrogen-bond donors (Lipinski definition) is 0. The molecule has 4 heteroatoms. The van der Waals surface area contributed by atoms with Crippen LogP contribution >= 0.6 is 11.6 Å². The summed E-state index contributed by atoms with van der Waals surface area (Å²) >= 11 is 5.71. The van der Waals surface area contributed by atoms with Crippen LogP contribution < -0.4 is 0 Å². The second kappa shape index (κ2) is 4.21. The first-order chi connectivity index (χ1) is 7.70. The van der Waals surface area contributed by atoms with Crippen molar-refractivity contribution in [3.05, 3.63) is 58.5 Å². The predicted molar refractivity (Wildman–Crippen MR) is 58.3 cm³/mol. The molecule has 0 aliphatic carbocycles. The van der Waals surface area contributed by atoms with Gasteiger partial charge in [-0.3, -0.25) is 4.79 Å². The third-order valence-electron chi connectivity index (χ3n) is 2.05. The minimum atomic E-state index is -0.266. The van der Waals surface area contributed by atoms with Gasteiger partial charge < -0.3 is 4.42 Å². The number of nitriles is 1. The fraction of sp³-hybridized carbons (Fsp3) is 0. The highest BCUT2D eigenvalue weighted by Crippen LogP contribution is 2.15. The van der Waals surface area contributed by atoms with E-state index in [4.69, 9.17) is 21.3 Å². The molecule has 1 aromatic carbocycles. The summed E-state index contributed by atoms with van der Waals surface area (Å²) in [4.78, 5) is 11.8. The molecule has 0 aliphatic rings. The lowest BCUT2D eigenvalue weighted by Crippen LogP contribution is -1.98. The predicted octanol–water partition coefficient (Wildman–Crippen LogP) is 3.04. The van der Waals surface area contributed by atoms with Crippen molar-refractivity contribution in [2.24, 2.45) is 0 Å². The van der Waals surface area contributed by atoms with Gasteiger partial charge in [0.25, 0.3) is 0 Å². The van der Waals surface area contributed by atoms with Crippen LogP contribution in [0.25, 0.3) is 0 Å². The molecule has 0 amide bonds. The van der Waals surface area contributed by atoms with Crippen molar-refractivity contribution >= 4 is 17.4 Å². The Labute approximate surface area is 96.9 Å². The highest BCUT2D eigenvalue weighted by Gasteiger charge is 2.13. The summed E-state index contributed by atoms with van der Waals surface area (Å²) in [5.41, 5.74) is 0.475. The summed E-state index contributed by atoms with van der Waals surface area (Å²) in [6.07, 6.45) is 0. The smallest absolute Gasteiger partial charge is 0.228 e. The molecule has 2 rings (SSSR count). The van der Waals surface area contributed by atoms with Crippen molar-refractivity contribution in [1.29, 1.82) is 5.26 Å². The van der Waals surface area contributed by atoms with Gasteiger partial charge in [-0.15, -0.1) is 0 Å². The highest BCUT2D eigenvalue weighted by atomic mass is 35.5. The Morgan fingerprint density at radius 1 is 1.19 bits per heavy atom. The SMILES string of the molecule is N#Cc1ccc(C(=O)c2ccc(Cl)cc2)o1. The van der Waals surface area contributed by atoms with Crippen LogP contribution in [0.4, 0.5) is 0 Å². The molecule has 0 aliphatic heterocycles. The standard InChI is InChI=1S/C12H6ClNO2/c13-9-3-1-8(2-4-9)12(15)11-6-5-10(7-14)16-11/h1-6H. The fourth-order valence-corrected chi connectivity index (χ4v) is 1.39. The monoisotopic (exact) mass is 231 g/mol. The van der Waals surface area contributed by atoms with Crippen LogP contribution in [0, 0.1) is 11.3 Å². The molecule has 0 saturated heterocycles. The van der Waals surface area contributed by atoms with Gasteiger partial charge in [0, 0.05) is 10.6 Å². The molecule has 16 heavy (non-hydrogen) atoms. The molecule has 1 aromatic heterocycles. The zero-order valence-electron chi connectivity index (χ0n) is 8.11. The van der Waals surface area contributed by atoms with Crippen molar-refractivity contribution in [3.63, 3.8) is 0 Å². The Balaban J connectivity index is 2.32. The Kier molecular flexibility index (Phi) is 2.76. The minimum Gasteiger partial charge on any atom is -0.442 e. The highest BCUT2D eigenvalue weighted by molar-refractivity contribution is 6.30. The van der Waals surface area contributed by atoms with Crippen LogP contribution in [0.15, 0.2) is 40.8 Å². The van der Waals surface area contributed by atoms with E-state index < -0.39 is 0 Å². The number of furan rings is 1. The number of hydrogen-bond acceptors (Lipinski definition) is 3. The summed E-state index contributed by atoms with van der Waals surface area (Å²) < 4.78 is 5.04. The van der Waals surface area contributed by atoms with Crippen LogP contribution in [0.5, 0.6) is 0 Å². The van der Waals surface area contributed by atoms with Crippen LogP contribution in [-0.4, -0.2) is 5.78 Å². The molecule has 0 atom stereocenters. The summed E-state index contributed by atoms with van der Waals surface area (Å²) in [7, 11) is 0. The van der Waals surface area contributed by atoms with Crippen molar-refractivity contribution in [1.82, 2.24) is 0 Å². The average molecular weight is 232 g/mol. The third-order valence-corrected chi connectivity index (χ3v) is 2.30. The number of nitrogens with zero attached hydrogens (tertiary/aromatic N) is 1. The Morgan fingerprint density at radius 2 is 1.88 bits per heavy atom. The first-order valence-electron chi connectivity index (χ1n) is 4.51. The zero-order valence-corrected chi connectivity index (χ0v) is 8.86. The number of benzene rings is 1. The van der Waals surface area contributed by atoms with Crippen molar-refractivity contribution in [3.8, 4) is 6.07 Å². The summed E-state index contributed by atoms with van der Waals surface area (Å²) in [6, 6.07) is 11.2. The van der Waals surface area contributed by atoms with E-state index in [1.54, 1.807) is 24.3 Å². The molecule has 0 radical (unpaired) electrons. The van der Waals surface area contributed by atoms with Gasteiger partial charge in [-0.25, -0.2) is 0 Å². The van der Waals surface area contributed by atoms with Gasteiger partial charge in [-0.2, -0.15) is 5.26 Å². The lowest BCUT2D eigenvalue weighted by molar-refractivity contribution is 0.101. The molecule has 0 unspecified atom stereocenters. The van der Waals surface area contributed by atoms with Gasteiger partial charge in [0.1, 0.15) is 6.07 Å². The van der Waals surface area contributed by atoms with E-state index in [-0.39, 0.29) is 17.3 Å². The molecule has 0 bridgehead atoms. The molecule has 0 spiro atoms. The molecule has 2 aromatic rings. The number of rotatable bonds is 2. The Morgan fingerprint density at radius 3 is 2.44 bits per heavy atom. The number of carbonyl (C=O) groups is 1. The maximum Gasteiger partial charge on any atom is 0.228 e. The van der Waals surface area contributed by atoms with Crippen LogP contribution in [0.2, 0.25) is 5.02 Å². The maximum atomic E-state index is 11.8. The van der Waals surface area contributed by atoms with E-state index in [1.807, 2.05) is 6.07 Å². The van der Waals surface area contributed by atoms with Gasteiger partial charge in [0.15, 0.2) is 5.76 Å². The largest absolute Gasteiger partial charge is 0.442 e. The maximum absolute atomic E-state index is 11.8. The lowest BCUT2D eigenvalue weighted by atomic mass is 10.1. The van der Waals surface area contributed by atoms with E-state index in [1.165, 1.54) is 12.1 Å². The molecule has 1 heterocycles. The van der Waals surface area contributed by atoms with Crippen LogP contribution in [0.3, 0.4) is 0 Å². The van der Waals surface area contributed by atoms with Crippen LogP contribution in [-0.2, 0) is 0 Å². The van der Waals surface area contributed by atoms with Crippen LogP contribution in [0.1, 0.15) is 21.9 Å².